The minimum absolute atomic E-state index is 0.177. The summed E-state index contributed by atoms with van der Waals surface area (Å²) >= 11 is 0. The van der Waals surface area contributed by atoms with E-state index in [9.17, 15) is 4.39 Å². The highest BCUT2D eigenvalue weighted by molar-refractivity contribution is 5.51. The van der Waals surface area contributed by atoms with E-state index in [0.717, 1.165) is 12.1 Å². The van der Waals surface area contributed by atoms with Gasteiger partial charge in [-0.1, -0.05) is 36.4 Å². The lowest BCUT2D eigenvalue weighted by Crippen LogP contribution is -2.05. The molecule has 3 heteroatoms. The van der Waals surface area contributed by atoms with Crippen LogP contribution in [-0.2, 0) is 17.7 Å². The third-order valence-electron chi connectivity index (χ3n) is 3.02. The van der Waals surface area contributed by atoms with Crippen molar-refractivity contribution in [3.63, 3.8) is 0 Å². The molecule has 0 aliphatic carbocycles. The van der Waals surface area contributed by atoms with Gasteiger partial charge in [-0.05, 0) is 24.1 Å². The molecule has 2 aromatic rings. The van der Waals surface area contributed by atoms with Gasteiger partial charge in [0.05, 0.1) is 6.61 Å². The third kappa shape index (κ3) is 3.80. The first-order valence-electron chi connectivity index (χ1n) is 6.35. The summed E-state index contributed by atoms with van der Waals surface area (Å²) in [5.74, 6) is -0.177. The Morgan fingerprint density at radius 3 is 2.42 bits per heavy atom. The summed E-state index contributed by atoms with van der Waals surface area (Å²) in [6, 6.07) is 14.9. The topological polar surface area (TPSA) is 21.3 Å². The first kappa shape index (κ1) is 13.6. The lowest BCUT2D eigenvalue weighted by Gasteiger charge is -2.12. The van der Waals surface area contributed by atoms with Crippen molar-refractivity contribution in [2.45, 2.75) is 13.0 Å². The molecule has 2 aromatic carbocycles. The largest absolute Gasteiger partial charge is 0.384 e. The predicted molar refractivity (Wildman–Crippen MR) is 75.7 cm³/mol. The van der Waals surface area contributed by atoms with E-state index in [1.807, 2.05) is 24.3 Å². The van der Waals surface area contributed by atoms with Crippen LogP contribution >= 0.6 is 0 Å². The van der Waals surface area contributed by atoms with Gasteiger partial charge < -0.3 is 10.1 Å². The molecule has 0 bridgehead atoms. The zero-order valence-electron chi connectivity index (χ0n) is 11.0. The SMILES string of the molecule is COCCc1ccccc1NCc1ccccc1F. The number of ether oxygens (including phenoxy) is 1. The average Bonchev–Trinajstić information content (AvgIpc) is 2.45. The van der Waals surface area contributed by atoms with Gasteiger partial charge in [-0.3, -0.25) is 0 Å². The maximum absolute atomic E-state index is 13.5. The Hall–Kier alpha value is -1.87. The number of rotatable bonds is 6. The van der Waals surface area contributed by atoms with Crippen LogP contribution in [0.15, 0.2) is 48.5 Å². The molecular weight excluding hydrogens is 241 g/mol. The van der Waals surface area contributed by atoms with Crippen molar-refractivity contribution in [1.82, 2.24) is 0 Å². The molecule has 0 spiro atoms. The van der Waals surface area contributed by atoms with Crippen molar-refractivity contribution in [2.75, 3.05) is 19.0 Å². The van der Waals surface area contributed by atoms with Gasteiger partial charge in [-0.2, -0.15) is 0 Å². The number of nitrogens with one attached hydrogen (secondary N) is 1. The zero-order chi connectivity index (χ0) is 13.5. The lowest BCUT2D eigenvalue weighted by molar-refractivity contribution is 0.202. The van der Waals surface area contributed by atoms with Gasteiger partial charge in [0.25, 0.3) is 0 Å². The highest BCUT2D eigenvalue weighted by Crippen LogP contribution is 2.17. The molecule has 0 aromatic heterocycles. The second-order valence-corrected chi connectivity index (χ2v) is 4.34. The van der Waals surface area contributed by atoms with Crippen LogP contribution in [0.4, 0.5) is 10.1 Å². The zero-order valence-corrected chi connectivity index (χ0v) is 11.0. The molecule has 0 atom stereocenters. The Kier molecular flexibility index (Phi) is 4.93. The van der Waals surface area contributed by atoms with E-state index in [0.29, 0.717) is 18.7 Å². The van der Waals surface area contributed by atoms with Crippen LogP contribution < -0.4 is 5.32 Å². The van der Waals surface area contributed by atoms with Crippen LogP contribution in [0.1, 0.15) is 11.1 Å². The minimum Gasteiger partial charge on any atom is -0.384 e. The average molecular weight is 259 g/mol. The van der Waals surface area contributed by atoms with Crippen molar-refractivity contribution in [2.24, 2.45) is 0 Å². The normalized spacial score (nSPS) is 10.4. The van der Waals surface area contributed by atoms with E-state index in [1.54, 1.807) is 19.2 Å². The first-order valence-corrected chi connectivity index (χ1v) is 6.35. The van der Waals surface area contributed by atoms with Crippen LogP contribution in [0.25, 0.3) is 0 Å². The van der Waals surface area contributed by atoms with Crippen molar-refractivity contribution < 1.29 is 9.13 Å². The van der Waals surface area contributed by atoms with Crippen molar-refractivity contribution in [3.8, 4) is 0 Å². The Morgan fingerprint density at radius 2 is 1.68 bits per heavy atom. The van der Waals surface area contributed by atoms with Crippen LogP contribution in [0.2, 0.25) is 0 Å². The van der Waals surface area contributed by atoms with E-state index in [1.165, 1.54) is 11.6 Å². The van der Waals surface area contributed by atoms with Crippen molar-refractivity contribution >= 4 is 5.69 Å². The summed E-state index contributed by atoms with van der Waals surface area (Å²) in [5.41, 5.74) is 2.88. The van der Waals surface area contributed by atoms with Crippen LogP contribution in [-0.4, -0.2) is 13.7 Å². The van der Waals surface area contributed by atoms with E-state index in [4.69, 9.17) is 4.74 Å². The molecule has 0 saturated heterocycles. The van der Waals surface area contributed by atoms with Gasteiger partial charge in [0, 0.05) is 24.9 Å². The van der Waals surface area contributed by atoms with Gasteiger partial charge >= 0.3 is 0 Å². The Bertz CT molecular complexity index is 528. The maximum Gasteiger partial charge on any atom is 0.128 e. The molecule has 1 N–H and O–H groups in total. The molecule has 0 saturated carbocycles. The first-order chi connectivity index (χ1) is 9.31. The fourth-order valence-corrected chi connectivity index (χ4v) is 1.95. The smallest absolute Gasteiger partial charge is 0.128 e. The van der Waals surface area contributed by atoms with E-state index in [2.05, 4.69) is 11.4 Å². The van der Waals surface area contributed by atoms with Crippen molar-refractivity contribution in [3.05, 3.63) is 65.5 Å². The van der Waals surface area contributed by atoms with Crippen LogP contribution in [0.5, 0.6) is 0 Å². The number of anilines is 1. The fourth-order valence-electron chi connectivity index (χ4n) is 1.95. The molecule has 2 rings (SSSR count). The van der Waals surface area contributed by atoms with Crippen LogP contribution in [0.3, 0.4) is 0 Å². The standard InChI is InChI=1S/C16H18FNO/c1-19-11-10-13-6-3-5-9-16(13)18-12-14-7-2-4-8-15(14)17/h2-9,18H,10-12H2,1H3. The number of hydrogen-bond acceptors (Lipinski definition) is 2. The highest BCUT2D eigenvalue weighted by atomic mass is 19.1. The summed E-state index contributed by atoms with van der Waals surface area (Å²) in [7, 11) is 1.69. The van der Waals surface area contributed by atoms with E-state index >= 15 is 0 Å². The molecular formula is C16H18FNO. The van der Waals surface area contributed by atoms with E-state index in [-0.39, 0.29) is 5.82 Å². The number of benzene rings is 2. The molecule has 0 heterocycles. The Morgan fingerprint density at radius 1 is 1.00 bits per heavy atom. The summed E-state index contributed by atoms with van der Waals surface area (Å²) in [6.45, 7) is 1.16. The quantitative estimate of drug-likeness (QED) is 0.855. The molecule has 0 fully saturated rings. The van der Waals surface area contributed by atoms with Gasteiger partial charge in [0.15, 0.2) is 0 Å². The fraction of sp³-hybridized carbons (Fsp3) is 0.250. The number of hydrogen-bond donors (Lipinski definition) is 1. The lowest BCUT2D eigenvalue weighted by atomic mass is 10.1. The number of halogens is 1. The van der Waals surface area contributed by atoms with Gasteiger partial charge in [0.2, 0.25) is 0 Å². The molecule has 100 valence electrons. The van der Waals surface area contributed by atoms with Crippen molar-refractivity contribution in [1.29, 1.82) is 0 Å². The third-order valence-corrected chi connectivity index (χ3v) is 3.02. The van der Waals surface area contributed by atoms with Gasteiger partial charge in [0.1, 0.15) is 5.82 Å². The van der Waals surface area contributed by atoms with Crippen LogP contribution in [0, 0.1) is 5.82 Å². The minimum atomic E-state index is -0.177. The summed E-state index contributed by atoms with van der Waals surface area (Å²) in [6.07, 6.45) is 0.844. The molecule has 2 nitrogen and oxygen atoms in total. The molecule has 0 radical (unpaired) electrons. The molecule has 0 unspecified atom stereocenters. The summed E-state index contributed by atoms with van der Waals surface area (Å²) < 4.78 is 18.6. The molecule has 19 heavy (non-hydrogen) atoms. The van der Waals surface area contributed by atoms with E-state index < -0.39 is 0 Å². The summed E-state index contributed by atoms with van der Waals surface area (Å²) in [4.78, 5) is 0. The molecule has 0 aliphatic heterocycles. The predicted octanol–water partition coefficient (Wildman–Crippen LogP) is 3.63. The monoisotopic (exact) mass is 259 g/mol. The highest BCUT2D eigenvalue weighted by Gasteiger charge is 2.03. The second kappa shape index (κ2) is 6.90. The number of methoxy groups -OCH3 is 1. The molecule has 0 amide bonds. The Labute approximate surface area is 113 Å². The van der Waals surface area contributed by atoms with Gasteiger partial charge in [-0.15, -0.1) is 0 Å². The molecule has 0 aliphatic rings. The summed E-state index contributed by atoms with van der Waals surface area (Å²) in [5, 5.41) is 3.28. The number of para-hydroxylation sites is 1. The Balaban J connectivity index is 2.05. The second-order valence-electron chi connectivity index (χ2n) is 4.34. The van der Waals surface area contributed by atoms with Gasteiger partial charge in [-0.25, -0.2) is 4.39 Å². The maximum atomic E-state index is 13.5.